The van der Waals surface area contributed by atoms with E-state index in [2.05, 4.69) is 33.2 Å². The van der Waals surface area contributed by atoms with Crippen molar-refractivity contribution in [1.29, 1.82) is 0 Å². The molecule has 2 rings (SSSR count). The highest BCUT2D eigenvalue weighted by molar-refractivity contribution is 9.10. The van der Waals surface area contributed by atoms with Crippen molar-refractivity contribution in [3.63, 3.8) is 0 Å². The van der Waals surface area contributed by atoms with E-state index in [9.17, 15) is 0 Å². The Bertz CT molecular complexity index is 514. The third-order valence-electron chi connectivity index (χ3n) is 2.57. The van der Waals surface area contributed by atoms with E-state index in [-0.39, 0.29) is 6.04 Å². The second kappa shape index (κ2) is 5.19. The van der Waals surface area contributed by atoms with Crippen molar-refractivity contribution in [2.45, 2.75) is 13.0 Å². The van der Waals surface area contributed by atoms with Gasteiger partial charge in [-0.15, -0.1) is 0 Å². The number of hydrogen-bond donors (Lipinski definition) is 2. The molecule has 0 bridgehead atoms. The number of hydrogen-bond acceptors (Lipinski definition) is 3. The van der Waals surface area contributed by atoms with Crippen molar-refractivity contribution >= 4 is 27.4 Å². The van der Waals surface area contributed by atoms with E-state index in [1.54, 1.807) is 6.20 Å². The summed E-state index contributed by atoms with van der Waals surface area (Å²) >= 11 is 3.46. The SMILES string of the molecule is CC(Nc1ncccc1Br)c1ccccc1N. The second-order valence-electron chi connectivity index (χ2n) is 3.83. The molecule has 1 aromatic carbocycles. The van der Waals surface area contributed by atoms with Crippen LogP contribution in [0.3, 0.4) is 0 Å². The van der Waals surface area contributed by atoms with Crippen LogP contribution in [0.4, 0.5) is 11.5 Å². The monoisotopic (exact) mass is 291 g/mol. The number of benzene rings is 1. The molecule has 88 valence electrons. The summed E-state index contributed by atoms with van der Waals surface area (Å²) in [6, 6.07) is 11.8. The molecular formula is C13H14BrN3. The minimum absolute atomic E-state index is 0.113. The Labute approximate surface area is 109 Å². The summed E-state index contributed by atoms with van der Waals surface area (Å²) in [6.45, 7) is 2.06. The quantitative estimate of drug-likeness (QED) is 0.850. The average Bonchev–Trinajstić information content (AvgIpc) is 2.32. The maximum absolute atomic E-state index is 5.94. The van der Waals surface area contributed by atoms with Crippen LogP contribution in [-0.4, -0.2) is 4.98 Å². The lowest BCUT2D eigenvalue weighted by Crippen LogP contribution is -2.10. The minimum Gasteiger partial charge on any atom is -0.398 e. The summed E-state index contributed by atoms with van der Waals surface area (Å²) in [5.41, 5.74) is 7.81. The molecule has 4 heteroatoms. The van der Waals surface area contributed by atoms with Crippen LogP contribution in [0.2, 0.25) is 0 Å². The van der Waals surface area contributed by atoms with Crippen LogP contribution < -0.4 is 11.1 Å². The number of pyridine rings is 1. The molecule has 0 aliphatic heterocycles. The molecule has 1 heterocycles. The van der Waals surface area contributed by atoms with Gasteiger partial charge in [-0.3, -0.25) is 0 Å². The Morgan fingerprint density at radius 1 is 1.24 bits per heavy atom. The summed E-state index contributed by atoms with van der Waals surface area (Å²) in [4.78, 5) is 4.27. The lowest BCUT2D eigenvalue weighted by Gasteiger charge is -2.17. The van der Waals surface area contributed by atoms with E-state index in [1.165, 1.54) is 0 Å². The van der Waals surface area contributed by atoms with Gasteiger partial charge in [0, 0.05) is 11.9 Å². The van der Waals surface area contributed by atoms with Crippen molar-refractivity contribution in [1.82, 2.24) is 4.98 Å². The predicted octanol–water partition coefficient (Wildman–Crippen LogP) is 3.60. The molecule has 0 saturated carbocycles. The molecule has 3 nitrogen and oxygen atoms in total. The zero-order valence-electron chi connectivity index (χ0n) is 9.52. The molecule has 17 heavy (non-hydrogen) atoms. The molecule has 0 saturated heterocycles. The summed E-state index contributed by atoms with van der Waals surface area (Å²) in [6.07, 6.45) is 1.76. The third-order valence-corrected chi connectivity index (χ3v) is 3.21. The Balaban J connectivity index is 2.20. The molecule has 0 aliphatic rings. The van der Waals surface area contributed by atoms with Gasteiger partial charge in [0.2, 0.25) is 0 Å². The zero-order chi connectivity index (χ0) is 12.3. The van der Waals surface area contributed by atoms with Gasteiger partial charge >= 0.3 is 0 Å². The molecule has 1 unspecified atom stereocenters. The van der Waals surface area contributed by atoms with E-state index in [4.69, 9.17) is 5.73 Å². The zero-order valence-corrected chi connectivity index (χ0v) is 11.1. The van der Waals surface area contributed by atoms with E-state index < -0.39 is 0 Å². The smallest absolute Gasteiger partial charge is 0.140 e. The number of anilines is 2. The molecule has 0 aliphatic carbocycles. The van der Waals surface area contributed by atoms with E-state index >= 15 is 0 Å². The van der Waals surface area contributed by atoms with Crippen molar-refractivity contribution in [2.75, 3.05) is 11.1 Å². The van der Waals surface area contributed by atoms with Gasteiger partial charge in [0.25, 0.3) is 0 Å². The van der Waals surface area contributed by atoms with E-state index in [0.29, 0.717) is 0 Å². The molecule has 1 aromatic heterocycles. The first-order valence-corrected chi connectivity index (χ1v) is 6.19. The number of para-hydroxylation sites is 1. The summed E-state index contributed by atoms with van der Waals surface area (Å²) in [5.74, 6) is 0.822. The largest absolute Gasteiger partial charge is 0.398 e. The highest BCUT2D eigenvalue weighted by Gasteiger charge is 2.10. The van der Waals surface area contributed by atoms with Crippen molar-refractivity contribution in [2.24, 2.45) is 0 Å². The van der Waals surface area contributed by atoms with Gasteiger partial charge in [0.1, 0.15) is 5.82 Å². The molecule has 0 amide bonds. The number of nitrogen functional groups attached to an aromatic ring is 1. The van der Waals surface area contributed by atoms with Crippen molar-refractivity contribution in [3.05, 3.63) is 52.6 Å². The molecular weight excluding hydrogens is 278 g/mol. The van der Waals surface area contributed by atoms with Gasteiger partial charge in [-0.1, -0.05) is 18.2 Å². The summed E-state index contributed by atoms with van der Waals surface area (Å²) < 4.78 is 0.946. The highest BCUT2D eigenvalue weighted by Crippen LogP contribution is 2.26. The van der Waals surface area contributed by atoms with Gasteiger partial charge in [0.15, 0.2) is 0 Å². The number of halogens is 1. The fraction of sp³-hybridized carbons (Fsp3) is 0.154. The van der Waals surface area contributed by atoms with Gasteiger partial charge in [-0.05, 0) is 46.6 Å². The van der Waals surface area contributed by atoms with Crippen LogP contribution in [0.5, 0.6) is 0 Å². The second-order valence-corrected chi connectivity index (χ2v) is 4.68. The van der Waals surface area contributed by atoms with Gasteiger partial charge < -0.3 is 11.1 Å². The van der Waals surface area contributed by atoms with Crippen LogP contribution in [-0.2, 0) is 0 Å². The number of rotatable bonds is 3. The van der Waals surface area contributed by atoms with Crippen LogP contribution in [0.25, 0.3) is 0 Å². The molecule has 0 spiro atoms. The number of nitrogens with zero attached hydrogens (tertiary/aromatic N) is 1. The van der Waals surface area contributed by atoms with E-state index in [0.717, 1.165) is 21.5 Å². The molecule has 0 fully saturated rings. The Kier molecular flexibility index (Phi) is 3.64. The molecule has 0 radical (unpaired) electrons. The third kappa shape index (κ3) is 2.77. The minimum atomic E-state index is 0.113. The lowest BCUT2D eigenvalue weighted by atomic mass is 10.1. The highest BCUT2D eigenvalue weighted by atomic mass is 79.9. The number of nitrogens with two attached hydrogens (primary N) is 1. The first-order valence-electron chi connectivity index (χ1n) is 5.40. The number of aromatic nitrogens is 1. The number of nitrogens with one attached hydrogen (secondary N) is 1. The molecule has 3 N–H and O–H groups in total. The first-order chi connectivity index (χ1) is 8.18. The van der Waals surface area contributed by atoms with Crippen molar-refractivity contribution < 1.29 is 0 Å². The van der Waals surface area contributed by atoms with Gasteiger partial charge in [-0.2, -0.15) is 0 Å². The Morgan fingerprint density at radius 3 is 2.71 bits per heavy atom. The van der Waals surface area contributed by atoms with E-state index in [1.807, 2.05) is 36.4 Å². The standard InChI is InChI=1S/C13H14BrN3/c1-9(10-5-2-3-7-12(10)15)17-13-11(14)6-4-8-16-13/h2-9H,15H2,1H3,(H,16,17). The van der Waals surface area contributed by atoms with Crippen LogP contribution in [0.1, 0.15) is 18.5 Å². The van der Waals surface area contributed by atoms with Crippen LogP contribution in [0.15, 0.2) is 47.1 Å². The topological polar surface area (TPSA) is 50.9 Å². The molecule has 1 atom stereocenters. The Hall–Kier alpha value is -1.55. The predicted molar refractivity (Wildman–Crippen MR) is 74.8 cm³/mol. The summed E-state index contributed by atoms with van der Waals surface area (Å²) in [5, 5.41) is 3.33. The average molecular weight is 292 g/mol. The fourth-order valence-corrected chi connectivity index (χ4v) is 2.05. The van der Waals surface area contributed by atoms with Crippen LogP contribution in [0, 0.1) is 0 Å². The van der Waals surface area contributed by atoms with Crippen LogP contribution >= 0.6 is 15.9 Å². The van der Waals surface area contributed by atoms with Gasteiger partial charge in [0.05, 0.1) is 10.5 Å². The van der Waals surface area contributed by atoms with Gasteiger partial charge in [-0.25, -0.2) is 4.98 Å². The first kappa shape index (κ1) is 11.9. The van der Waals surface area contributed by atoms with Crippen molar-refractivity contribution in [3.8, 4) is 0 Å². The summed E-state index contributed by atoms with van der Waals surface area (Å²) in [7, 11) is 0. The lowest BCUT2D eigenvalue weighted by molar-refractivity contribution is 0.876. The maximum atomic E-state index is 5.94. The molecule has 2 aromatic rings. The normalized spacial score (nSPS) is 12.1. The Morgan fingerprint density at radius 2 is 2.00 bits per heavy atom. The fourth-order valence-electron chi connectivity index (χ4n) is 1.68. The maximum Gasteiger partial charge on any atom is 0.140 e.